The van der Waals surface area contributed by atoms with Crippen molar-refractivity contribution in [3.63, 3.8) is 0 Å². The van der Waals surface area contributed by atoms with Crippen LogP contribution in [0.15, 0.2) is 53.3 Å². The molecule has 1 heterocycles. The molecule has 1 N–H and O–H groups in total. The molecule has 0 saturated carbocycles. The number of hydrogen-bond donors (Lipinski definition) is 1. The molecule has 0 saturated heterocycles. The molecule has 0 unspecified atom stereocenters. The molecule has 0 aliphatic carbocycles. The van der Waals surface area contributed by atoms with Crippen LogP contribution in [0.1, 0.15) is 22.5 Å². The Morgan fingerprint density at radius 2 is 0.957 bits per heavy atom. The number of hydrogen-bond acceptors (Lipinski definition) is 1. The second kappa shape index (κ2) is 5.88. The molecule has 2 heteroatoms. The first-order valence-electron chi connectivity index (χ1n) is 7.85. The molecular weight excluding hydrogens is 282 g/mol. The Kier molecular flexibility index (Phi) is 3.91. The van der Waals surface area contributed by atoms with Crippen molar-refractivity contribution >= 4 is 0 Å². The molecule has 23 heavy (non-hydrogen) atoms. The van der Waals surface area contributed by atoms with Gasteiger partial charge in [0, 0.05) is 22.5 Å². The molecule has 2 aromatic carbocycles. The van der Waals surface area contributed by atoms with Gasteiger partial charge in [-0.2, -0.15) is 0 Å². The average Bonchev–Trinajstić information content (AvgIpc) is 2.50. The second-order valence-electron chi connectivity index (χ2n) is 6.19. The van der Waals surface area contributed by atoms with E-state index in [1.54, 1.807) is 0 Å². The smallest absolute Gasteiger partial charge is 0.197 e. The van der Waals surface area contributed by atoms with E-state index in [1.807, 2.05) is 76.2 Å². The zero-order valence-corrected chi connectivity index (χ0v) is 14.0. The van der Waals surface area contributed by atoms with Crippen LogP contribution >= 0.6 is 0 Å². The van der Waals surface area contributed by atoms with E-state index in [0.29, 0.717) is 0 Å². The highest BCUT2D eigenvalue weighted by Crippen LogP contribution is 2.25. The number of rotatable bonds is 2. The van der Waals surface area contributed by atoms with E-state index < -0.39 is 0 Å². The van der Waals surface area contributed by atoms with Gasteiger partial charge in [-0.25, -0.2) is 0 Å². The van der Waals surface area contributed by atoms with Crippen molar-refractivity contribution in [1.29, 1.82) is 0 Å². The summed E-state index contributed by atoms with van der Waals surface area (Å²) < 4.78 is 0. The lowest BCUT2D eigenvalue weighted by Crippen LogP contribution is -2.14. The van der Waals surface area contributed by atoms with Crippen molar-refractivity contribution in [3.05, 3.63) is 81.3 Å². The minimum absolute atomic E-state index is 0.0893. The third-order valence-corrected chi connectivity index (χ3v) is 4.26. The molecule has 2 nitrogen and oxygen atoms in total. The van der Waals surface area contributed by atoms with Gasteiger partial charge in [0.05, 0.1) is 0 Å². The van der Waals surface area contributed by atoms with Crippen molar-refractivity contribution in [2.45, 2.75) is 27.7 Å². The topological polar surface area (TPSA) is 32.9 Å². The third-order valence-electron chi connectivity index (χ3n) is 4.26. The average molecular weight is 303 g/mol. The highest BCUT2D eigenvalue weighted by atomic mass is 16.1. The molecule has 1 aromatic heterocycles. The lowest BCUT2D eigenvalue weighted by atomic mass is 9.95. The van der Waals surface area contributed by atoms with Gasteiger partial charge >= 0.3 is 0 Å². The van der Waals surface area contributed by atoms with Crippen LogP contribution in [-0.4, -0.2) is 4.98 Å². The first kappa shape index (κ1) is 15.3. The van der Waals surface area contributed by atoms with Crippen LogP contribution in [0.5, 0.6) is 0 Å². The summed E-state index contributed by atoms with van der Waals surface area (Å²) in [5, 5.41) is 0. The number of nitrogens with one attached hydrogen (secondary N) is 1. The van der Waals surface area contributed by atoms with Gasteiger partial charge in [0.2, 0.25) is 0 Å². The summed E-state index contributed by atoms with van der Waals surface area (Å²) in [7, 11) is 0. The summed E-state index contributed by atoms with van der Waals surface area (Å²) in [5.74, 6) is 0. The first-order chi connectivity index (χ1) is 11.0. The first-order valence-corrected chi connectivity index (χ1v) is 7.85. The van der Waals surface area contributed by atoms with E-state index in [4.69, 9.17) is 0 Å². The van der Waals surface area contributed by atoms with Gasteiger partial charge < -0.3 is 4.98 Å². The maximum atomic E-state index is 13.2. The summed E-state index contributed by atoms with van der Waals surface area (Å²) in [6, 6.07) is 16.2. The molecule has 0 amide bonds. The molecule has 0 aliphatic rings. The zero-order chi connectivity index (χ0) is 16.6. The molecule has 0 atom stereocenters. The lowest BCUT2D eigenvalue weighted by Gasteiger charge is -2.13. The molecule has 116 valence electrons. The van der Waals surface area contributed by atoms with Gasteiger partial charge in [-0.3, -0.25) is 4.79 Å². The van der Waals surface area contributed by atoms with Crippen molar-refractivity contribution < 1.29 is 0 Å². The number of aromatic amines is 1. The molecule has 3 rings (SSSR count). The van der Waals surface area contributed by atoms with Crippen LogP contribution in [0.4, 0.5) is 0 Å². The van der Waals surface area contributed by atoms with Crippen molar-refractivity contribution in [2.75, 3.05) is 0 Å². The third kappa shape index (κ3) is 2.85. The van der Waals surface area contributed by atoms with Gasteiger partial charge in [-0.15, -0.1) is 0 Å². The monoisotopic (exact) mass is 303 g/mol. The normalized spacial score (nSPS) is 10.8. The van der Waals surface area contributed by atoms with Gasteiger partial charge in [0.15, 0.2) is 5.43 Å². The van der Waals surface area contributed by atoms with Crippen LogP contribution in [0.2, 0.25) is 0 Å². The van der Waals surface area contributed by atoms with Gasteiger partial charge in [0.1, 0.15) is 0 Å². The predicted molar refractivity (Wildman–Crippen MR) is 96.9 cm³/mol. The number of aromatic nitrogens is 1. The quantitative estimate of drug-likeness (QED) is 0.714. The summed E-state index contributed by atoms with van der Waals surface area (Å²) >= 11 is 0. The minimum Gasteiger partial charge on any atom is -0.361 e. The van der Waals surface area contributed by atoms with Gasteiger partial charge in [0.25, 0.3) is 0 Å². The Morgan fingerprint density at radius 3 is 1.30 bits per heavy atom. The Labute approximate surface area is 136 Å². The summed E-state index contributed by atoms with van der Waals surface area (Å²) in [6.07, 6.45) is 0. The summed E-state index contributed by atoms with van der Waals surface area (Å²) in [5.41, 5.74) is 7.72. The SMILES string of the molecule is Cc1ccc(-c2c(C)[nH]c(C)c(-c3ccc(C)cc3)c2=O)cc1. The highest BCUT2D eigenvalue weighted by Gasteiger charge is 2.15. The minimum atomic E-state index is 0.0893. The zero-order valence-electron chi connectivity index (χ0n) is 14.0. The summed E-state index contributed by atoms with van der Waals surface area (Å²) in [4.78, 5) is 16.5. The number of benzene rings is 2. The fraction of sp³-hybridized carbons (Fsp3) is 0.190. The van der Waals surface area contributed by atoms with Crippen LogP contribution < -0.4 is 5.43 Å². The van der Waals surface area contributed by atoms with Crippen molar-refractivity contribution in [1.82, 2.24) is 4.98 Å². The van der Waals surface area contributed by atoms with Crippen LogP contribution in [-0.2, 0) is 0 Å². The van der Waals surface area contributed by atoms with E-state index in [-0.39, 0.29) is 5.43 Å². The fourth-order valence-corrected chi connectivity index (χ4v) is 3.01. The maximum absolute atomic E-state index is 13.2. The Bertz CT molecular complexity index is 828. The Morgan fingerprint density at radius 1 is 0.609 bits per heavy atom. The second-order valence-corrected chi connectivity index (χ2v) is 6.19. The fourth-order valence-electron chi connectivity index (χ4n) is 3.01. The molecule has 0 fully saturated rings. The maximum Gasteiger partial charge on any atom is 0.197 e. The van der Waals surface area contributed by atoms with Crippen molar-refractivity contribution in [2.24, 2.45) is 0 Å². The molecule has 0 bridgehead atoms. The standard InChI is InChI=1S/C21H21NO/c1-13-5-9-17(10-6-13)19-15(3)22-16(4)20(21(19)23)18-11-7-14(2)8-12-18/h5-12H,1-4H3,(H,22,23). The molecule has 0 aliphatic heterocycles. The highest BCUT2D eigenvalue weighted by molar-refractivity contribution is 5.75. The van der Waals surface area contributed by atoms with Gasteiger partial charge in [-0.05, 0) is 38.8 Å². The molecule has 0 radical (unpaired) electrons. The van der Waals surface area contributed by atoms with Crippen molar-refractivity contribution in [3.8, 4) is 22.3 Å². The van der Waals surface area contributed by atoms with Crippen LogP contribution in [0.3, 0.4) is 0 Å². The number of H-pyrrole nitrogens is 1. The largest absolute Gasteiger partial charge is 0.361 e. The number of aryl methyl sites for hydroxylation is 4. The Hall–Kier alpha value is -2.61. The number of pyridine rings is 1. The lowest BCUT2D eigenvalue weighted by molar-refractivity contribution is 1.11. The van der Waals surface area contributed by atoms with Gasteiger partial charge in [-0.1, -0.05) is 59.7 Å². The van der Waals surface area contributed by atoms with E-state index in [1.165, 1.54) is 11.1 Å². The molecular formula is C21H21NO. The predicted octanol–water partition coefficient (Wildman–Crippen LogP) is 4.94. The van der Waals surface area contributed by atoms with E-state index in [2.05, 4.69) is 4.98 Å². The molecule has 3 aromatic rings. The van der Waals surface area contributed by atoms with E-state index >= 15 is 0 Å². The van der Waals surface area contributed by atoms with Crippen LogP contribution in [0, 0.1) is 27.7 Å². The summed E-state index contributed by atoms with van der Waals surface area (Å²) in [6.45, 7) is 8.02. The molecule has 0 spiro atoms. The Balaban J connectivity index is 2.26. The van der Waals surface area contributed by atoms with Crippen LogP contribution in [0.25, 0.3) is 22.3 Å². The van der Waals surface area contributed by atoms with E-state index in [9.17, 15) is 4.79 Å². The van der Waals surface area contributed by atoms with E-state index in [0.717, 1.165) is 33.6 Å².